The van der Waals surface area contributed by atoms with Crippen molar-refractivity contribution in [2.45, 2.75) is 18.9 Å². The zero-order chi connectivity index (χ0) is 8.27. The molecule has 0 radical (unpaired) electrons. The lowest BCUT2D eigenvalue weighted by Gasteiger charge is -2.05. The smallest absolute Gasteiger partial charge is 0.303 e. The maximum atomic E-state index is 10.2. The summed E-state index contributed by atoms with van der Waals surface area (Å²) in [6.45, 7) is 0. The third kappa shape index (κ3) is 3.07. The number of rotatable bonds is 3. The minimum absolute atomic E-state index is 0.223. The summed E-state index contributed by atoms with van der Waals surface area (Å²) in [7, 11) is 0. The monoisotopic (exact) mass is 191 g/mol. The molecule has 2 N–H and O–H groups in total. The lowest BCUT2D eigenvalue weighted by atomic mass is 10.2. The zero-order valence-electron chi connectivity index (χ0n) is 5.87. The summed E-state index contributed by atoms with van der Waals surface area (Å²) in [6, 6.07) is 0.267. The highest BCUT2D eigenvalue weighted by Gasteiger charge is 2.18. The summed E-state index contributed by atoms with van der Waals surface area (Å²) >= 11 is 6.46. The lowest BCUT2D eigenvalue weighted by Crippen LogP contribution is -2.26. The highest BCUT2D eigenvalue weighted by atomic mass is 32.2. The average Bonchev–Trinajstić information content (AvgIpc) is 2.31. The molecule has 1 fully saturated rings. The molecule has 0 aliphatic carbocycles. The Hall–Kier alpha value is -0.290. The van der Waals surface area contributed by atoms with E-state index in [9.17, 15) is 4.79 Å². The van der Waals surface area contributed by atoms with Gasteiger partial charge in [0.15, 0.2) is 0 Å². The van der Waals surface area contributed by atoms with Crippen LogP contribution in [0.1, 0.15) is 12.8 Å². The van der Waals surface area contributed by atoms with Gasteiger partial charge in [-0.1, -0.05) is 24.0 Å². The Balaban J connectivity index is 2.18. The molecule has 5 heteroatoms. The van der Waals surface area contributed by atoms with Gasteiger partial charge in [0.2, 0.25) is 0 Å². The van der Waals surface area contributed by atoms with E-state index >= 15 is 0 Å². The van der Waals surface area contributed by atoms with Crippen LogP contribution in [-0.2, 0) is 4.79 Å². The highest BCUT2D eigenvalue weighted by molar-refractivity contribution is 8.23. The number of nitrogens with one attached hydrogen (secondary N) is 1. The molecule has 1 rings (SSSR count). The Morgan fingerprint density at radius 2 is 2.64 bits per heavy atom. The molecular formula is C6H9NO2S2. The minimum atomic E-state index is -0.741. The van der Waals surface area contributed by atoms with Gasteiger partial charge in [-0.2, -0.15) is 0 Å². The molecule has 11 heavy (non-hydrogen) atoms. The molecule has 62 valence electrons. The molecule has 1 unspecified atom stereocenters. The number of hydrogen-bond donors (Lipinski definition) is 2. The molecule has 1 heterocycles. The molecule has 0 amide bonds. The second-order valence-corrected chi connectivity index (χ2v) is 4.07. The Morgan fingerprint density at radius 3 is 3.09 bits per heavy atom. The van der Waals surface area contributed by atoms with Crippen molar-refractivity contribution in [1.82, 2.24) is 5.32 Å². The largest absolute Gasteiger partial charge is 0.481 e. The zero-order valence-corrected chi connectivity index (χ0v) is 7.50. The number of carboxylic acid groups (broad SMARTS) is 1. The topological polar surface area (TPSA) is 49.3 Å². The minimum Gasteiger partial charge on any atom is -0.481 e. The highest BCUT2D eigenvalue weighted by Crippen LogP contribution is 2.16. The van der Waals surface area contributed by atoms with Gasteiger partial charge in [0.25, 0.3) is 0 Å². The Morgan fingerprint density at radius 1 is 1.91 bits per heavy atom. The Labute approximate surface area is 74.5 Å². The summed E-state index contributed by atoms with van der Waals surface area (Å²) in [5.74, 6) is 0.168. The Bertz CT molecular complexity index is 183. The van der Waals surface area contributed by atoms with Crippen LogP contribution in [0.4, 0.5) is 0 Å². The van der Waals surface area contributed by atoms with Crippen molar-refractivity contribution < 1.29 is 9.90 Å². The van der Waals surface area contributed by atoms with Crippen LogP contribution in [0.25, 0.3) is 0 Å². The van der Waals surface area contributed by atoms with E-state index in [0.29, 0.717) is 6.42 Å². The molecule has 1 aliphatic rings. The first kappa shape index (κ1) is 8.80. The fourth-order valence-corrected chi connectivity index (χ4v) is 2.10. The van der Waals surface area contributed by atoms with Gasteiger partial charge >= 0.3 is 5.97 Å². The predicted octanol–water partition coefficient (Wildman–Crippen LogP) is 0.841. The first-order valence-electron chi connectivity index (χ1n) is 3.33. The van der Waals surface area contributed by atoms with Crippen LogP contribution in [0.2, 0.25) is 0 Å². The van der Waals surface area contributed by atoms with Crippen LogP contribution in [0, 0.1) is 0 Å². The van der Waals surface area contributed by atoms with Crippen LogP contribution < -0.4 is 5.32 Å². The van der Waals surface area contributed by atoms with Gasteiger partial charge in [-0.3, -0.25) is 4.79 Å². The fraction of sp³-hybridized carbons (Fsp3) is 0.667. The number of hydrogen-bond acceptors (Lipinski definition) is 3. The number of aliphatic carboxylic acids is 1. The van der Waals surface area contributed by atoms with Crippen molar-refractivity contribution in [3.05, 3.63) is 0 Å². The fourth-order valence-electron chi connectivity index (χ4n) is 0.879. The number of thioether (sulfide) groups is 1. The predicted molar refractivity (Wildman–Crippen MR) is 48.8 cm³/mol. The maximum Gasteiger partial charge on any atom is 0.303 e. The summed E-state index contributed by atoms with van der Waals surface area (Å²) in [6.07, 6.45) is 0.892. The van der Waals surface area contributed by atoms with Crippen molar-refractivity contribution in [3.63, 3.8) is 0 Å². The third-order valence-corrected chi connectivity index (χ3v) is 2.86. The van der Waals surface area contributed by atoms with E-state index in [2.05, 4.69) is 5.32 Å². The molecular weight excluding hydrogens is 182 g/mol. The van der Waals surface area contributed by atoms with Gasteiger partial charge in [-0.15, -0.1) is 0 Å². The maximum absolute atomic E-state index is 10.2. The van der Waals surface area contributed by atoms with Crippen LogP contribution in [-0.4, -0.2) is 27.2 Å². The molecule has 0 bridgehead atoms. The first-order valence-corrected chi connectivity index (χ1v) is 4.73. The van der Waals surface area contributed by atoms with Gasteiger partial charge in [-0.05, 0) is 6.42 Å². The second-order valence-electron chi connectivity index (χ2n) is 2.37. The van der Waals surface area contributed by atoms with Gasteiger partial charge < -0.3 is 10.4 Å². The van der Waals surface area contributed by atoms with Gasteiger partial charge in [0, 0.05) is 18.2 Å². The number of carboxylic acids is 1. The van der Waals surface area contributed by atoms with E-state index in [4.69, 9.17) is 17.3 Å². The quantitative estimate of drug-likeness (QED) is 0.647. The number of carbonyl (C=O) groups is 1. The van der Waals surface area contributed by atoms with Gasteiger partial charge in [-0.25, -0.2) is 0 Å². The Kier molecular flexibility index (Phi) is 3.14. The van der Waals surface area contributed by atoms with Crippen molar-refractivity contribution in [2.75, 3.05) is 5.75 Å². The molecule has 1 aliphatic heterocycles. The molecule has 1 atom stereocenters. The number of thiocarbonyl (C=S) groups is 1. The standard InChI is InChI=1S/C6H9NO2S2/c8-5(9)2-1-4-3-11-6(10)7-4/h4H,1-3H2,(H,7,10)(H,8,9). The molecule has 1 saturated heterocycles. The average molecular weight is 191 g/mol. The van der Waals surface area contributed by atoms with Crippen molar-refractivity contribution in [1.29, 1.82) is 0 Å². The third-order valence-electron chi connectivity index (χ3n) is 1.44. The summed E-state index contributed by atoms with van der Waals surface area (Å²) in [5, 5.41) is 11.4. The molecule has 0 aromatic carbocycles. The van der Waals surface area contributed by atoms with E-state index in [1.165, 1.54) is 0 Å². The van der Waals surface area contributed by atoms with Crippen LogP contribution in [0.3, 0.4) is 0 Å². The van der Waals surface area contributed by atoms with Crippen LogP contribution in [0.15, 0.2) is 0 Å². The van der Waals surface area contributed by atoms with Gasteiger partial charge in [0.1, 0.15) is 4.32 Å². The van der Waals surface area contributed by atoms with E-state index in [1.807, 2.05) is 0 Å². The molecule has 3 nitrogen and oxygen atoms in total. The summed E-state index contributed by atoms with van der Waals surface area (Å²) in [4.78, 5) is 10.2. The van der Waals surface area contributed by atoms with Crippen LogP contribution >= 0.6 is 24.0 Å². The normalized spacial score (nSPS) is 23.3. The SMILES string of the molecule is O=C(O)CCC1CSC(=S)N1. The van der Waals surface area contributed by atoms with Gasteiger partial charge in [0.05, 0.1) is 0 Å². The summed E-state index contributed by atoms with van der Waals surface area (Å²) in [5.41, 5.74) is 0. The van der Waals surface area contributed by atoms with E-state index in [-0.39, 0.29) is 12.5 Å². The van der Waals surface area contributed by atoms with Crippen LogP contribution in [0.5, 0.6) is 0 Å². The van der Waals surface area contributed by atoms with Crippen molar-refractivity contribution >= 4 is 34.3 Å². The molecule has 0 aromatic heterocycles. The summed E-state index contributed by atoms with van der Waals surface area (Å²) < 4.78 is 0.792. The molecule has 0 saturated carbocycles. The van der Waals surface area contributed by atoms with Crippen molar-refractivity contribution in [2.24, 2.45) is 0 Å². The van der Waals surface area contributed by atoms with Crippen molar-refractivity contribution in [3.8, 4) is 0 Å². The molecule has 0 spiro atoms. The molecule has 0 aromatic rings. The van der Waals surface area contributed by atoms with E-state index < -0.39 is 5.97 Å². The van der Waals surface area contributed by atoms with E-state index in [1.54, 1.807) is 11.8 Å². The lowest BCUT2D eigenvalue weighted by molar-refractivity contribution is -0.137. The second kappa shape index (κ2) is 3.92. The first-order chi connectivity index (χ1) is 5.18. The van der Waals surface area contributed by atoms with E-state index in [0.717, 1.165) is 10.1 Å².